The Labute approximate surface area is 113 Å². The Balaban J connectivity index is 2.32. The standard InChI is InChI=1S/C15H19N3O/c1-3-11-8-17-6-5-14(11)15(16)12-7-13(19-4-2)10-18-9-12/h5-10,15H,3-4,16H2,1-2H3. The molecular formula is C15H19N3O. The third-order valence-corrected chi connectivity index (χ3v) is 3.06. The summed E-state index contributed by atoms with van der Waals surface area (Å²) in [4.78, 5) is 8.33. The minimum absolute atomic E-state index is 0.203. The first-order valence-electron chi connectivity index (χ1n) is 6.52. The van der Waals surface area contributed by atoms with E-state index in [9.17, 15) is 0 Å². The number of nitrogens with two attached hydrogens (primary N) is 1. The van der Waals surface area contributed by atoms with E-state index >= 15 is 0 Å². The molecule has 1 unspecified atom stereocenters. The van der Waals surface area contributed by atoms with Gasteiger partial charge in [-0.2, -0.15) is 0 Å². The lowest BCUT2D eigenvalue weighted by Gasteiger charge is -2.16. The van der Waals surface area contributed by atoms with Gasteiger partial charge in [0.25, 0.3) is 0 Å². The topological polar surface area (TPSA) is 61.0 Å². The van der Waals surface area contributed by atoms with Gasteiger partial charge in [0.2, 0.25) is 0 Å². The van der Waals surface area contributed by atoms with E-state index in [0.717, 1.165) is 28.9 Å². The molecule has 0 radical (unpaired) electrons. The monoisotopic (exact) mass is 257 g/mol. The molecule has 0 aliphatic carbocycles. The molecule has 0 saturated heterocycles. The average Bonchev–Trinajstić information content (AvgIpc) is 2.47. The molecule has 4 nitrogen and oxygen atoms in total. The van der Waals surface area contributed by atoms with Crippen molar-refractivity contribution in [1.82, 2.24) is 9.97 Å². The van der Waals surface area contributed by atoms with Gasteiger partial charge >= 0.3 is 0 Å². The predicted molar refractivity (Wildman–Crippen MR) is 75.1 cm³/mol. The van der Waals surface area contributed by atoms with Gasteiger partial charge in [0.15, 0.2) is 0 Å². The molecule has 0 amide bonds. The summed E-state index contributed by atoms with van der Waals surface area (Å²) >= 11 is 0. The maximum atomic E-state index is 6.33. The number of aromatic nitrogens is 2. The van der Waals surface area contributed by atoms with Crippen molar-refractivity contribution >= 4 is 0 Å². The first-order chi connectivity index (χ1) is 9.26. The fourth-order valence-electron chi connectivity index (χ4n) is 2.07. The van der Waals surface area contributed by atoms with Gasteiger partial charge < -0.3 is 10.5 Å². The van der Waals surface area contributed by atoms with Crippen LogP contribution in [0.3, 0.4) is 0 Å². The highest BCUT2D eigenvalue weighted by Gasteiger charge is 2.13. The fourth-order valence-corrected chi connectivity index (χ4v) is 2.07. The lowest BCUT2D eigenvalue weighted by Crippen LogP contribution is -2.14. The van der Waals surface area contributed by atoms with Crippen LogP contribution in [0.15, 0.2) is 36.9 Å². The number of aryl methyl sites for hydroxylation is 1. The van der Waals surface area contributed by atoms with E-state index < -0.39 is 0 Å². The first-order valence-corrected chi connectivity index (χ1v) is 6.52. The lowest BCUT2D eigenvalue weighted by atomic mass is 9.96. The van der Waals surface area contributed by atoms with Crippen LogP contribution in [-0.2, 0) is 6.42 Å². The fraction of sp³-hybridized carbons (Fsp3) is 0.333. The summed E-state index contributed by atoms with van der Waals surface area (Å²) in [6.07, 6.45) is 8.04. The zero-order valence-corrected chi connectivity index (χ0v) is 11.3. The predicted octanol–water partition coefficient (Wildman–Crippen LogP) is 2.49. The van der Waals surface area contributed by atoms with E-state index in [2.05, 4.69) is 16.9 Å². The molecular weight excluding hydrogens is 238 g/mol. The molecule has 2 rings (SSSR count). The molecule has 2 aromatic rings. The van der Waals surface area contributed by atoms with Crippen molar-refractivity contribution in [3.8, 4) is 5.75 Å². The molecule has 2 N–H and O–H groups in total. The molecule has 0 bridgehead atoms. The van der Waals surface area contributed by atoms with Crippen LogP contribution in [0.1, 0.15) is 36.6 Å². The van der Waals surface area contributed by atoms with Crippen molar-refractivity contribution in [3.05, 3.63) is 53.6 Å². The van der Waals surface area contributed by atoms with E-state index in [1.165, 1.54) is 0 Å². The summed E-state index contributed by atoms with van der Waals surface area (Å²) < 4.78 is 5.46. The first kappa shape index (κ1) is 13.5. The van der Waals surface area contributed by atoms with E-state index in [-0.39, 0.29) is 6.04 Å². The van der Waals surface area contributed by atoms with Crippen LogP contribution >= 0.6 is 0 Å². The van der Waals surface area contributed by atoms with Crippen LogP contribution in [-0.4, -0.2) is 16.6 Å². The van der Waals surface area contributed by atoms with Gasteiger partial charge in [-0.25, -0.2) is 0 Å². The maximum absolute atomic E-state index is 6.33. The molecule has 4 heteroatoms. The molecule has 0 aromatic carbocycles. The molecule has 0 fully saturated rings. The molecule has 0 saturated carbocycles. The van der Waals surface area contributed by atoms with Crippen LogP contribution < -0.4 is 10.5 Å². The van der Waals surface area contributed by atoms with Crippen molar-refractivity contribution in [2.45, 2.75) is 26.3 Å². The third-order valence-electron chi connectivity index (χ3n) is 3.06. The van der Waals surface area contributed by atoms with Gasteiger partial charge in [0, 0.05) is 18.6 Å². The molecule has 1 atom stereocenters. The van der Waals surface area contributed by atoms with E-state index in [0.29, 0.717) is 6.61 Å². The number of nitrogens with zero attached hydrogens (tertiary/aromatic N) is 2. The number of pyridine rings is 2. The quantitative estimate of drug-likeness (QED) is 0.894. The smallest absolute Gasteiger partial charge is 0.137 e. The molecule has 0 aliphatic rings. The number of ether oxygens (including phenoxy) is 1. The third kappa shape index (κ3) is 3.09. The molecule has 100 valence electrons. The minimum Gasteiger partial charge on any atom is -0.492 e. The second-order valence-corrected chi connectivity index (χ2v) is 4.29. The highest BCUT2D eigenvalue weighted by atomic mass is 16.5. The van der Waals surface area contributed by atoms with Gasteiger partial charge in [0.1, 0.15) is 5.75 Å². The Kier molecular flexibility index (Phi) is 4.47. The van der Waals surface area contributed by atoms with Gasteiger partial charge in [-0.05, 0) is 42.2 Å². The van der Waals surface area contributed by atoms with E-state index in [4.69, 9.17) is 10.5 Å². The second-order valence-electron chi connectivity index (χ2n) is 4.29. The number of hydrogen-bond donors (Lipinski definition) is 1. The second kappa shape index (κ2) is 6.29. The molecule has 2 heterocycles. The SMILES string of the molecule is CCOc1cncc(C(N)c2ccncc2CC)c1. The normalized spacial score (nSPS) is 12.2. The molecule has 0 spiro atoms. The number of hydrogen-bond acceptors (Lipinski definition) is 4. The van der Waals surface area contributed by atoms with Gasteiger partial charge in [-0.3, -0.25) is 9.97 Å². The summed E-state index contributed by atoms with van der Waals surface area (Å²) in [5.74, 6) is 0.752. The van der Waals surface area contributed by atoms with E-state index in [1.54, 1.807) is 18.6 Å². The molecule has 19 heavy (non-hydrogen) atoms. The zero-order chi connectivity index (χ0) is 13.7. The Morgan fingerprint density at radius 1 is 1.21 bits per heavy atom. The lowest BCUT2D eigenvalue weighted by molar-refractivity contribution is 0.338. The summed E-state index contributed by atoms with van der Waals surface area (Å²) in [6.45, 7) is 4.67. The van der Waals surface area contributed by atoms with Crippen molar-refractivity contribution in [2.24, 2.45) is 5.73 Å². The van der Waals surface area contributed by atoms with Gasteiger partial charge in [-0.1, -0.05) is 6.92 Å². The van der Waals surface area contributed by atoms with Crippen molar-refractivity contribution < 1.29 is 4.74 Å². The largest absolute Gasteiger partial charge is 0.492 e. The summed E-state index contributed by atoms with van der Waals surface area (Å²) in [7, 11) is 0. The van der Waals surface area contributed by atoms with Crippen molar-refractivity contribution in [2.75, 3.05) is 6.61 Å². The Morgan fingerprint density at radius 2 is 2.05 bits per heavy atom. The van der Waals surface area contributed by atoms with Crippen LogP contribution in [0.25, 0.3) is 0 Å². The Morgan fingerprint density at radius 3 is 2.79 bits per heavy atom. The van der Waals surface area contributed by atoms with Crippen molar-refractivity contribution in [3.63, 3.8) is 0 Å². The van der Waals surface area contributed by atoms with E-state index in [1.807, 2.05) is 25.3 Å². The Hall–Kier alpha value is -1.94. The highest BCUT2D eigenvalue weighted by molar-refractivity contribution is 5.36. The van der Waals surface area contributed by atoms with Crippen LogP contribution in [0.4, 0.5) is 0 Å². The summed E-state index contributed by atoms with van der Waals surface area (Å²) in [5, 5.41) is 0. The summed E-state index contributed by atoms with van der Waals surface area (Å²) in [6, 6.07) is 3.71. The molecule has 2 aromatic heterocycles. The van der Waals surface area contributed by atoms with Crippen LogP contribution in [0.2, 0.25) is 0 Å². The van der Waals surface area contributed by atoms with Crippen LogP contribution in [0, 0.1) is 0 Å². The average molecular weight is 257 g/mol. The van der Waals surface area contributed by atoms with Crippen molar-refractivity contribution in [1.29, 1.82) is 0 Å². The Bertz CT molecular complexity index is 542. The zero-order valence-electron chi connectivity index (χ0n) is 11.3. The molecule has 0 aliphatic heterocycles. The summed E-state index contributed by atoms with van der Waals surface area (Å²) in [5.41, 5.74) is 9.54. The highest BCUT2D eigenvalue weighted by Crippen LogP contribution is 2.24. The minimum atomic E-state index is -0.203. The number of rotatable bonds is 5. The maximum Gasteiger partial charge on any atom is 0.137 e. The van der Waals surface area contributed by atoms with Crippen LogP contribution in [0.5, 0.6) is 5.75 Å². The van der Waals surface area contributed by atoms with Gasteiger partial charge in [0.05, 0.1) is 18.8 Å². The van der Waals surface area contributed by atoms with Gasteiger partial charge in [-0.15, -0.1) is 0 Å².